The minimum atomic E-state index is -1.07. The number of rotatable bonds is 3. The van der Waals surface area contributed by atoms with Crippen molar-refractivity contribution >= 4 is 23.1 Å². The number of carbonyl (C=O) groups is 2. The molecule has 1 amide bonds. The third kappa shape index (κ3) is 3.21. The lowest BCUT2D eigenvalue weighted by Gasteiger charge is -2.25. The first kappa shape index (κ1) is 18.6. The Morgan fingerprint density at radius 3 is 2.17 bits per heavy atom. The maximum atomic E-state index is 14.7. The van der Waals surface area contributed by atoms with Gasteiger partial charge in [0.15, 0.2) is 0 Å². The molecular formula is C24H18FNO3. The number of amides is 1. The van der Waals surface area contributed by atoms with Crippen molar-refractivity contribution in [2.75, 3.05) is 4.90 Å². The van der Waals surface area contributed by atoms with E-state index in [0.717, 1.165) is 5.56 Å². The number of anilines is 1. The van der Waals surface area contributed by atoms with Gasteiger partial charge in [0.05, 0.1) is 11.6 Å². The van der Waals surface area contributed by atoms with E-state index >= 15 is 0 Å². The van der Waals surface area contributed by atoms with Gasteiger partial charge in [0, 0.05) is 16.8 Å². The highest BCUT2D eigenvalue weighted by Gasteiger charge is 2.47. The summed E-state index contributed by atoms with van der Waals surface area (Å²) in [7, 11) is 0. The summed E-state index contributed by atoms with van der Waals surface area (Å²) in [5, 5.41) is 10.9. The zero-order chi connectivity index (χ0) is 20.5. The minimum absolute atomic E-state index is 0.133. The normalized spacial score (nSPS) is 18.3. The van der Waals surface area contributed by atoms with Gasteiger partial charge >= 0.3 is 0 Å². The van der Waals surface area contributed by atoms with Gasteiger partial charge in [-0.15, -0.1) is 0 Å². The Labute approximate surface area is 167 Å². The van der Waals surface area contributed by atoms with E-state index in [4.69, 9.17) is 0 Å². The highest BCUT2D eigenvalue weighted by molar-refractivity contribution is 6.51. The number of halogens is 1. The van der Waals surface area contributed by atoms with Crippen LogP contribution in [0.25, 0.3) is 5.76 Å². The maximum Gasteiger partial charge on any atom is 0.300 e. The first-order valence-corrected chi connectivity index (χ1v) is 9.16. The van der Waals surface area contributed by atoms with Crippen molar-refractivity contribution in [1.82, 2.24) is 0 Å². The van der Waals surface area contributed by atoms with Crippen molar-refractivity contribution < 1.29 is 19.1 Å². The van der Waals surface area contributed by atoms with Crippen LogP contribution in [0.4, 0.5) is 10.1 Å². The number of ketones is 1. The molecule has 0 aliphatic carbocycles. The van der Waals surface area contributed by atoms with Gasteiger partial charge in [-0.05, 0) is 25.1 Å². The molecule has 0 unspecified atom stereocenters. The Morgan fingerprint density at radius 1 is 0.897 bits per heavy atom. The number of hydrogen-bond donors (Lipinski definition) is 1. The van der Waals surface area contributed by atoms with Crippen molar-refractivity contribution in [3.8, 4) is 0 Å². The minimum Gasteiger partial charge on any atom is -0.507 e. The van der Waals surface area contributed by atoms with Crippen molar-refractivity contribution in [2.45, 2.75) is 13.0 Å². The molecule has 4 nitrogen and oxygen atoms in total. The number of nitrogens with zero attached hydrogens (tertiary/aromatic N) is 1. The van der Waals surface area contributed by atoms with Gasteiger partial charge in [-0.1, -0.05) is 66.2 Å². The molecule has 1 aliphatic heterocycles. The van der Waals surface area contributed by atoms with Gasteiger partial charge in [0.1, 0.15) is 11.6 Å². The third-order valence-corrected chi connectivity index (χ3v) is 5.00. The number of aliphatic hydroxyl groups excluding tert-OH is 1. The number of Topliss-reactive ketones (excluding diaryl/α,β-unsaturated/α-hetero) is 1. The molecule has 0 bridgehead atoms. The molecule has 1 aliphatic rings. The average Bonchev–Trinajstić information content (AvgIpc) is 3.00. The van der Waals surface area contributed by atoms with Gasteiger partial charge in [0.2, 0.25) is 0 Å². The standard InChI is InChI=1S/C24H18FNO3/c1-15-11-13-17(14-12-15)26-21(18-9-5-6-10-19(18)25)20(23(28)24(26)29)22(27)16-7-3-2-4-8-16/h2-14,21,27H,1H3/t21-/m1/s1. The zero-order valence-electron chi connectivity index (χ0n) is 15.7. The van der Waals surface area contributed by atoms with Crippen LogP contribution in [-0.2, 0) is 9.59 Å². The van der Waals surface area contributed by atoms with Crippen molar-refractivity contribution in [3.05, 3.63) is 107 Å². The first-order chi connectivity index (χ1) is 14.0. The Morgan fingerprint density at radius 2 is 1.52 bits per heavy atom. The van der Waals surface area contributed by atoms with Crippen LogP contribution in [0.2, 0.25) is 0 Å². The van der Waals surface area contributed by atoms with Gasteiger partial charge in [-0.25, -0.2) is 4.39 Å². The van der Waals surface area contributed by atoms with Gasteiger partial charge in [0.25, 0.3) is 11.7 Å². The second-order valence-corrected chi connectivity index (χ2v) is 6.89. The Bertz CT molecular complexity index is 1120. The summed E-state index contributed by atoms with van der Waals surface area (Å²) >= 11 is 0. The highest BCUT2D eigenvalue weighted by atomic mass is 19.1. The summed E-state index contributed by atoms with van der Waals surface area (Å²) in [6, 6.07) is 20.4. The molecule has 3 aromatic rings. The predicted molar refractivity (Wildman–Crippen MR) is 109 cm³/mol. The lowest BCUT2D eigenvalue weighted by Crippen LogP contribution is -2.29. The molecule has 1 N–H and O–H groups in total. The van der Waals surface area contributed by atoms with Crippen LogP contribution in [0.3, 0.4) is 0 Å². The topological polar surface area (TPSA) is 57.6 Å². The van der Waals surface area contributed by atoms with Crippen LogP contribution in [-0.4, -0.2) is 16.8 Å². The predicted octanol–water partition coefficient (Wildman–Crippen LogP) is 4.76. The van der Waals surface area contributed by atoms with Crippen molar-refractivity contribution in [1.29, 1.82) is 0 Å². The first-order valence-electron chi connectivity index (χ1n) is 9.16. The molecule has 3 aromatic carbocycles. The fourth-order valence-electron chi connectivity index (χ4n) is 3.55. The SMILES string of the molecule is Cc1ccc(N2C(=O)C(=O)C(=C(O)c3ccccc3)[C@H]2c2ccccc2F)cc1. The molecule has 0 radical (unpaired) electrons. The quantitative estimate of drug-likeness (QED) is 0.400. The molecule has 1 fully saturated rings. The summed E-state index contributed by atoms with van der Waals surface area (Å²) in [6.07, 6.45) is 0. The van der Waals surface area contributed by atoms with Gasteiger partial charge < -0.3 is 5.11 Å². The summed E-state index contributed by atoms with van der Waals surface area (Å²) in [6.45, 7) is 1.90. The lowest BCUT2D eigenvalue weighted by atomic mass is 9.94. The van der Waals surface area contributed by atoms with Crippen LogP contribution in [0, 0.1) is 12.7 Å². The van der Waals surface area contributed by atoms with Crippen LogP contribution < -0.4 is 4.90 Å². The molecule has 4 rings (SSSR count). The molecule has 0 aromatic heterocycles. The molecule has 5 heteroatoms. The van der Waals surface area contributed by atoms with Crippen molar-refractivity contribution in [2.24, 2.45) is 0 Å². The second-order valence-electron chi connectivity index (χ2n) is 6.89. The van der Waals surface area contributed by atoms with E-state index in [2.05, 4.69) is 0 Å². The maximum absolute atomic E-state index is 14.7. The number of carbonyl (C=O) groups excluding carboxylic acids is 2. The molecule has 0 spiro atoms. The van der Waals surface area contributed by atoms with E-state index in [-0.39, 0.29) is 16.9 Å². The number of hydrogen-bond acceptors (Lipinski definition) is 3. The smallest absolute Gasteiger partial charge is 0.300 e. The third-order valence-electron chi connectivity index (χ3n) is 5.00. The number of aliphatic hydroxyl groups is 1. The summed E-state index contributed by atoms with van der Waals surface area (Å²) in [5.41, 5.74) is 1.84. The van der Waals surface area contributed by atoms with E-state index in [9.17, 15) is 19.1 Å². The summed E-state index contributed by atoms with van der Waals surface area (Å²) < 4.78 is 14.7. The van der Waals surface area contributed by atoms with E-state index in [1.165, 1.54) is 23.1 Å². The number of benzene rings is 3. The summed E-state index contributed by atoms with van der Waals surface area (Å²) in [5.74, 6) is -2.54. The fraction of sp³-hybridized carbons (Fsp3) is 0.0833. The van der Waals surface area contributed by atoms with E-state index < -0.39 is 23.5 Å². The Hall–Kier alpha value is -3.73. The fourth-order valence-corrected chi connectivity index (χ4v) is 3.55. The van der Waals surface area contributed by atoms with Crippen LogP contribution >= 0.6 is 0 Å². The van der Waals surface area contributed by atoms with Gasteiger partial charge in [-0.2, -0.15) is 0 Å². The highest BCUT2D eigenvalue weighted by Crippen LogP contribution is 2.42. The van der Waals surface area contributed by atoms with Crippen molar-refractivity contribution in [3.63, 3.8) is 0 Å². The Balaban J connectivity index is 1.97. The van der Waals surface area contributed by atoms with Crippen LogP contribution in [0.5, 0.6) is 0 Å². The van der Waals surface area contributed by atoms with E-state index in [1.54, 1.807) is 48.5 Å². The second kappa shape index (κ2) is 7.36. The molecular weight excluding hydrogens is 369 g/mol. The van der Waals surface area contributed by atoms with Crippen LogP contribution in [0.1, 0.15) is 22.7 Å². The van der Waals surface area contributed by atoms with E-state index in [0.29, 0.717) is 11.3 Å². The Kier molecular flexibility index (Phi) is 4.72. The molecule has 0 saturated carbocycles. The number of aryl methyl sites for hydroxylation is 1. The van der Waals surface area contributed by atoms with E-state index in [1.807, 2.05) is 19.1 Å². The molecule has 1 heterocycles. The molecule has 1 atom stereocenters. The molecule has 144 valence electrons. The molecule has 1 saturated heterocycles. The molecule has 29 heavy (non-hydrogen) atoms. The lowest BCUT2D eigenvalue weighted by molar-refractivity contribution is -0.132. The summed E-state index contributed by atoms with van der Waals surface area (Å²) in [4.78, 5) is 27.1. The largest absolute Gasteiger partial charge is 0.507 e. The average molecular weight is 387 g/mol. The van der Waals surface area contributed by atoms with Crippen LogP contribution in [0.15, 0.2) is 84.4 Å². The monoisotopic (exact) mass is 387 g/mol. The zero-order valence-corrected chi connectivity index (χ0v) is 15.7. The van der Waals surface area contributed by atoms with Gasteiger partial charge in [-0.3, -0.25) is 14.5 Å².